The van der Waals surface area contributed by atoms with E-state index in [0.717, 1.165) is 17.2 Å². The van der Waals surface area contributed by atoms with Gasteiger partial charge in [-0.05, 0) is 31.2 Å². The van der Waals surface area contributed by atoms with Crippen LogP contribution in [-0.2, 0) is 32.6 Å². The van der Waals surface area contributed by atoms with Crippen LogP contribution in [-0.4, -0.2) is 111 Å². The molecule has 1 saturated heterocycles. The monoisotopic (exact) mass is 813 g/mol. The van der Waals surface area contributed by atoms with Gasteiger partial charge in [0.15, 0.2) is 29.7 Å². The zero-order valence-corrected chi connectivity index (χ0v) is 30.6. The molecule has 302 valence electrons. The molecule has 1 aliphatic heterocycles. The Kier molecular flexibility index (Phi) is 12.5. The maximum atomic E-state index is 13.6. The lowest BCUT2D eigenvalue weighted by atomic mass is 10.1. The van der Waals surface area contributed by atoms with E-state index >= 15 is 0 Å². The number of phosphoric ester groups is 1. The molecule has 1 fully saturated rings. The number of nitrogens with one attached hydrogen (secondary N) is 1. The van der Waals surface area contributed by atoms with Crippen molar-refractivity contribution < 1.29 is 57.3 Å². The number of benzene rings is 2. The Morgan fingerprint density at radius 1 is 0.965 bits per heavy atom. The van der Waals surface area contributed by atoms with Crippen LogP contribution in [0, 0.1) is 0 Å². The van der Waals surface area contributed by atoms with Crippen LogP contribution in [0.25, 0.3) is 11.2 Å². The van der Waals surface area contributed by atoms with E-state index < -0.39 is 93.8 Å². The lowest BCUT2D eigenvalue weighted by molar-refractivity contribution is -0.140. The summed E-state index contributed by atoms with van der Waals surface area (Å²) in [6, 6.07) is 15.5. The number of imidazole rings is 1. The second-order valence-corrected chi connectivity index (χ2v) is 13.7. The van der Waals surface area contributed by atoms with Crippen molar-refractivity contribution in [3.63, 3.8) is 0 Å². The van der Waals surface area contributed by atoms with Crippen LogP contribution in [0.3, 0.4) is 0 Å². The SMILES string of the molecule is CC(OC(=O)c1ccccc1)C(OC(CO)COP(=O)(O)OC1C(CO)OC(n2cnc3c(=O)[nH]c(N)nc32)C1OC(=O)c1ccccc1)n1cnc(N)nc1=O. The fraction of sp³-hybridized carbons (Fsp3) is 0.333. The van der Waals surface area contributed by atoms with Crippen molar-refractivity contribution in [2.45, 2.75) is 49.9 Å². The Labute approximate surface area is 320 Å². The molecular weight excluding hydrogens is 777 g/mol. The Hall–Kier alpha value is -5.91. The van der Waals surface area contributed by atoms with Crippen molar-refractivity contribution in [2.24, 2.45) is 0 Å². The minimum absolute atomic E-state index is 0.0759. The summed E-state index contributed by atoms with van der Waals surface area (Å²) < 4.78 is 49.3. The first-order valence-electron chi connectivity index (χ1n) is 16.9. The quantitative estimate of drug-likeness (QED) is 0.0549. The fourth-order valence-corrected chi connectivity index (χ4v) is 6.70. The van der Waals surface area contributed by atoms with Crippen molar-refractivity contribution in [3.05, 3.63) is 105 Å². The van der Waals surface area contributed by atoms with Crippen molar-refractivity contribution in [1.29, 1.82) is 0 Å². The van der Waals surface area contributed by atoms with Gasteiger partial charge in [-0.1, -0.05) is 36.4 Å². The van der Waals surface area contributed by atoms with Crippen LogP contribution in [0.5, 0.6) is 0 Å². The summed E-state index contributed by atoms with van der Waals surface area (Å²) in [7, 11) is -5.28. The van der Waals surface area contributed by atoms with Crippen LogP contribution in [0.4, 0.5) is 11.9 Å². The second kappa shape index (κ2) is 17.5. The number of aliphatic hydroxyl groups excluding tert-OH is 2. The van der Waals surface area contributed by atoms with Crippen molar-refractivity contribution >= 4 is 42.8 Å². The van der Waals surface area contributed by atoms with Crippen LogP contribution in [0.15, 0.2) is 82.9 Å². The van der Waals surface area contributed by atoms with E-state index in [2.05, 4.69) is 24.9 Å². The molecule has 6 rings (SSSR count). The minimum atomic E-state index is -5.28. The number of H-pyrrole nitrogens is 1. The maximum Gasteiger partial charge on any atom is 0.472 e. The van der Waals surface area contributed by atoms with Crippen LogP contribution >= 0.6 is 7.82 Å². The highest BCUT2D eigenvalue weighted by molar-refractivity contribution is 7.47. The average molecular weight is 814 g/mol. The Bertz CT molecular complexity index is 2360. The van der Waals surface area contributed by atoms with Gasteiger partial charge in [0.1, 0.15) is 30.7 Å². The zero-order valence-electron chi connectivity index (χ0n) is 29.7. The summed E-state index contributed by atoms with van der Waals surface area (Å²) in [6.07, 6.45) is -8.53. The standard InChI is InChI=1S/C33H36N9O14P/c1-17(52-29(46)18-8-4-2-5-9-18)27(42-16-37-31(34)40-33(42)48)53-20(12-43)14-51-57(49,50)56-23-21(13-44)54-28(24(23)55-30(47)19-10-6-3-7-11-19)41-15-36-22-25(41)38-32(35)39-26(22)45/h2-11,15-17,20-21,23-24,27-28,43-44H,12-14H2,1H3,(H,49,50)(H2,34,40,48)(H3,35,38,39,45). The van der Waals surface area contributed by atoms with Gasteiger partial charge in [-0.2, -0.15) is 9.97 Å². The van der Waals surface area contributed by atoms with Crippen molar-refractivity contribution in [1.82, 2.24) is 34.1 Å². The summed E-state index contributed by atoms with van der Waals surface area (Å²) in [5, 5.41) is 20.5. The minimum Gasteiger partial charge on any atom is -0.454 e. The fourth-order valence-electron chi connectivity index (χ4n) is 5.72. The van der Waals surface area contributed by atoms with Gasteiger partial charge in [-0.25, -0.2) is 28.9 Å². The first kappa shape index (κ1) is 40.7. The topological polar surface area (TPSA) is 331 Å². The third kappa shape index (κ3) is 9.39. The largest absolute Gasteiger partial charge is 0.472 e. The summed E-state index contributed by atoms with van der Waals surface area (Å²) >= 11 is 0. The number of nitrogens with two attached hydrogens (primary N) is 2. The van der Waals surface area contributed by atoms with E-state index in [1.807, 2.05) is 0 Å². The number of rotatable bonds is 16. The van der Waals surface area contributed by atoms with Gasteiger partial charge in [0.2, 0.25) is 11.9 Å². The molecule has 0 spiro atoms. The number of hydrogen-bond acceptors (Lipinski definition) is 19. The highest BCUT2D eigenvalue weighted by atomic mass is 31.2. The molecule has 0 aliphatic carbocycles. The molecule has 8 N–H and O–H groups in total. The highest BCUT2D eigenvalue weighted by Crippen LogP contribution is 2.49. The molecule has 3 aromatic heterocycles. The lowest BCUT2D eigenvalue weighted by Gasteiger charge is -2.29. The molecule has 23 nitrogen and oxygen atoms in total. The summed E-state index contributed by atoms with van der Waals surface area (Å²) in [4.78, 5) is 80.2. The van der Waals surface area contributed by atoms with Gasteiger partial charge < -0.3 is 45.5 Å². The molecule has 8 unspecified atom stereocenters. The van der Waals surface area contributed by atoms with E-state index in [0.29, 0.717) is 0 Å². The number of nitrogen functional groups attached to an aromatic ring is 2. The number of carbonyl (C=O) groups is 2. The van der Waals surface area contributed by atoms with Gasteiger partial charge in [0.25, 0.3) is 5.56 Å². The van der Waals surface area contributed by atoms with Crippen molar-refractivity contribution in [2.75, 3.05) is 31.3 Å². The molecule has 0 amide bonds. The average Bonchev–Trinajstić information content (AvgIpc) is 3.76. The molecule has 2 aromatic carbocycles. The first-order valence-corrected chi connectivity index (χ1v) is 18.4. The number of carbonyl (C=O) groups excluding carboxylic acids is 2. The Morgan fingerprint density at radius 3 is 2.26 bits per heavy atom. The Morgan fingerprint density at radius 2 is 1.63 bits per heavy atom. The number of aliphatic hydroxyl groups is 2. The molecule has 57 heavy (non-hydrogen) atoms. The molecule has 0 radical (unpaired) electrons. The number of esters is 2. The van der Waals surface area contributed by atoms with Crippen LogP contribution in [0.1, 0.15) is 40.1 Å². The third-order valence-electron chi connectivity index (χ3n) is 8.38. The van der Waals surface area contributed by atoms with Crippen LogP contribution < -0.4 is 22.7 Å². The maximum absolute atomic E-state index is 13.6. The lowest BCUT2D eigenvalue weighted by Crippen LogP contribution is -2.41. The van der Waals surface area contributed by atoms with Gasteiger partial charge in [0, 0.05) is 0 Å². The number of aromatic amines is 1. The number of phosphoric acid groups is 1. The van der Waals surface area contributed by atoms with Gasteiger partial charge >= 0.3 is 25.5 Å². The molecule has 1 aliphatic rings. The van der Waals surface area contributed by atoms with Crippen LogP contribution in [0.2, 0.25) is 0 Å². The smallest absolute Gasteiger partial charge is 0.454 e. The molecule has 4 heterocycles. The summed E-state index contributed by atoms with van der Waals surface area (Å²) in [5.74, 6) is -2.37. The third-order valence-corrected chi connectivity index (χ3v) is 9.37. The van der Waals surface area contributed by atoms with E-state index in [4.69, 9.17) is 39.5 Å². The molecular formula is C33H36N9O14P. The molecule has 0 bridgehead atoms. The van der Waals surface area contributed by atoms with Gasteiger partial charge in [-0.3, -0.25) is 28.0 Å². The molecule has 24 heteroatoms. The van der Waals surface area contributed by atoms with E-state index in [-0.39, 0.29) is 34.2 Å². The molecule has 0 saturated carbocycles. The van der Waals surface area contributed by atoms with Gasteiger partial charge in [-0.15, -0.1) is 0 Å². The predicted octanol–water partition coefficient (Wildman–Crippen LogP) is -0.325. The number of anilines is 2. The van der Waals surface area contributed by atoms with E-state index in [1.165, 1.54) is 35.8 Å². The molecule has 8 atom stereocenters. The summed E-state index contributed by atoms with van der Waals surface area (Å²) in [5.41, 5.74) is 9.57. The number of hydrogen-bond donors (Lipinski definition) is 6. The first-order chi connectivity index (χ1) is 27.3. The van der Waals surface area contributed by atoms with E-state index in [1.54, 1.807) is 36.4 Å². The van der Waals surface area contributed by atoms with E-state index in [9.17, 15) is 38.8 Å². The van der Waals surface area contributed by atoms with Crippen molar-refractivity contribution in [3.8, 4) is 0 Å². The number of aromatic nitrogens is 7. The summed E-state index contributed by atoms with van der Waals surface area (Å²) in [6.45, 7) is -1.24. The Balaban J connectivity index is 1.23. The number of fused-ring (bicyclic) bond motifs is 1. The zero-order chi connectivity index (χ0) is 40.9. The highest BCUT2D eigenvalue weighted by Gasteiger charge is 2.52. The number of nitrogens with zero attached hydrogens (tertiary/aromatic N) is 6. The predicted molar refractivity (Wildman–Crippen MR) is 193 cm³/mol. The number of ether oxygens (including phenoxy) is 4. The van der Waals surface area contributed by atoms with Gasteiger partial charge in [0.05, 0.1) is 37.3 Å². The molecule has 5 aromatic rings. The second-order valence-electron chi connectivity index (χ2n) is 12.3. The normalized spacial score (nSPS) is 20.7.